The zero-order chi connectivity index (χ0) is 13.7. The van der Waals surface area contributed by atoms with Crippen molar-refractivity contribution in [2.75, 3.05) is 0 Å². The van der Waals surface area contributed by atoms with Gasteiger partial charge in [0.2, 0.25) is 0 Å². The third-order valence-electron chi connectivity index (χ3n) is 2.28. The second-order valence-corrected chi connectivity index (χ2v) is 4.51. The molecule has 0 unspecified atom stereocenters. The van der Waals surface area contributed by atoms with Gasteiger partial charge in [-0.15, -0.1) is 0 Å². The summed E-state index contributed by atoms with van der Waals surface area (Å²) in [5.41, 5.74) is 0.229. The third kappa shape index (κ3) is 4.01. The van der Waals surface area contributed by atoms with Gasteiger partial charge >= 0.3 is 6.18 Å². The Morgan fingerprint density at radius 1 is 1.11 bits per heavy atom. The first-order chi connectivity index (χ1) is 9.05. The largest absolute Gasteiger partial charge is 0.424 e. The first-order valence-corrected chi connectivity index (χ1v) is 6.38. The molecule has 0 radical (unpaired) electrons. The molecule has 0 aliphatic rings. The van der Waals surface area contributed by atoms with E-state index in [1.807, 2.05) is 0 Å². The van der Waals surface area contributed by atoms with Gasteiger partial charge in [-0.1, -0.05) is 42.2 Å². The van der Waals surface area contributed by atoms with Gasteiger partial charge in [-0.05, 0) is 23.1 Å². The summed E-state index contributed by atoms with van der Waals surface area (Å²) in [5, 5.41) is 3.49. The quantitative estimate of drug-likeness (QED) is 0.661. The Balaban J connectivity index is 2.35. The Kier molecular flexibility index (Phi) is 4.08. The highest BCUT2D eigenvalue weighted by atomic mass is 32.1. The first kappa shape index (κ1) is 13.4. The summed E-state index contributed by atoms with van der Waals surface area (Å²) in [6, 6.07) is 10.0. The van der Waals surface area contributed by atoms with Gasteiger partial charge in [-0.2, -0.15) is 24.5 Å². The Labute approximate surface area is 113 Å². The second-order valence-electron chi connectivity index (χ2n) is 3.73. The average molecular weight is 278 g/mol. The van der Waals surface area contributed by atoms with Crippen LogP contribution >= 0.6 is 11.3 Å². The summed E-state index contributed by atoms with van der Waals surface area (Å²) >= 11 is 1.40. The molecule has 0 amide bonds. The number of alkyl halides is 3. The van der Waals surface area contributed by atoms with E-state index in [2.05, 4.69) is 11.8 Å². The summed E-state index contributed by atoms with van der Waals surface area (Å²) in [6.45, 7) is 0. The Bertz CT molecular complexity index is 611. The molecule has 2 aromatic rings. The van der Waals surface area contributed by atoms with Crippen LogP contribution in [0, 0.1) is 11.8 Å². The van der Waals surface area contributed by atoms with Crippen molar-refractivity contribution in [1.82, 2.24) is 0 Å². The second kappa shape index (κ2) is 5.77. The number of hydrogen-bond acceptors (Lipinski definition) is 1. The van der Waals surface area contributed by atoms with Crippen molar-refractivity contribution in [2.45, 2.75) is 6.18 Å². The number of thiophene rings is 1. The molecule has 19 heavy (non-hydrogen) atoms. The minimum atomic E-state index is -4.45. The van der Waals surface area contributed by atoms with Crippen LogP contribution in [0.2, 0.25) is 0 Å². The molecule has 2 rings (SSSR count). The average Bonchev–Trinajstić information content (AvgIpc) is 2.87. The zero-order valence-electron chi connectivity index (χ0n) is 9.74. The molecule has 0 atom stereocenters. The van der Waals surface area contributed by atoms with E-state index in [0.717, 1.165) is 6.08 Å². The summed E-state index contributed by atoms with van der Waals surface area (Å²) in [4.78, 5) is 0. The highest BCUT2D eigenvalue weighted by Gasteiger charge is 2.32. The maximum absolute atomic E-state index is 12.9. The Hall–Kier alpha value is -1.99. The van der Waals surface area contributed by atoms with Gasteiger partial charge in [0.25, 0.3) is 0 Å². The lowest BCUT2D eigenvalue weighted by atomic mass is 10.1. The maximum Gasteiger partial charge on any atom is 0.424 e. The lowest BCUT2D eigenvalue weighted by Crippen LogP contribution is -2.10. The summed E-state index contributed by atoms with van der Waals surface area (Å²) in [7, 11) is 0. The smallest absolute Gasteiger partial charge is 0.165 e. The van der Waals surface area contributed by atoms with Crippen molar-refractivity contribution < 1.29 is 13.2 Å². The summed E-state index contributed by atoms with van der Waals surface area (Å²) in [5.74, 6) is 4.73. The van der Waals surface area contributed by atoms with Crippen LogP contribution in [0.25, 0.3) is 6.08 Å². The number of allylic oxidation sites excluding steroid dienone is 1. The maximum atomic E-state index is 12.9. The van der Waals surface area contributed by atoms with E-state index >= 15 is 0 Å². The fourth-order valence-electron chi connectivity index (χ4n) is 1.38. The number of benzene rings is 1. The monoisotopic (exact) mass is 278 g/mol. The number of halogens is 3. The van der Waals surface area contributed by atoms with Crippen LogP contribution < -0.4 is 0 Å². The predicted molar refractivity (Wildman–Crippen MR) is 71.7 cm³/mol. The molecule has 0 fully saturated rings. The molecule has 0 saturated heterocycles. The van der Waals surface area contributed by atoms with Gasteiger partial charge < -0.3 is 0 Å². The normalized spacial score (nSPS) is 11.8. The summed E-state index contributed by atoms with van der Waals surface area (Å²) < 4.78 is 38.6. The molecule has 1 aromatic heterocycles. The van der Waals surface area contributed by atoms with Crippen LogP contribution in [0.15, 0.2) is 52.7 Å². The molecule has 0 aliphatic carbocycles. The molecule has 4 heteroatoms. The van der Waals surface area contributed by atoms with Gasteiger partial charge in [-0.3, -0.25) is 0 Å². The van der Waals surface area contributed by atoms with E-state index < -0.39 is 11.7 Å². The lowest BCUT2D eigenvalue weighted by Gasteiger charge is -2.05. The molecule has 1 aromatic carbocycles. The van der Waals surface area contributed by atoms with Crippen LogP contribution in [-0.4, -0.2) is 6.18 Å². The van der Waals surface area contributed by atoms with E-state index in [-0.39, 0.29) is 0 Å². The van der Waals surface area contributed by atoms with Crippen molar-refractivity contribution in [2.24, 2.45) is 0 Å². The molecule has 96 valence electrons. The molecular weight excluding hydrogens is 269 g/mol. The van der Waals surface area contributed by atoms with Gasteiger partial charge in [0.1, 0.15) is 5.57 Å². The van der Waals surface area contributed by atoms with Gasteiger partial charge in [0.15, 0.2) is 0 Å². The highest BCUT2D eigenvalue weighted by molar-refractivity contribution is 7.08. The number of hydrogen-bond donors (Lipinski definition) is 0. The fourth-order valence-corrected chi connectivity index (χ4v) is 1.97. The van der Waals surface area contributed by atoms with Gasteiger partial charge in [-0.25, -0.2) is 0 Å². The van der Waals surface area contributed by atoms with E-state index in [9.17, 15) is 13.2 Å². The van der Waals surface area contributed by atoms with Crippen molar-refractivity contribution in [3.8, 4) is 11.8 Å². The topological polar surface area (TPSA) is 0 Å². The van der Waals surface area contributed by atoms with E-state index in [1.54, 1.807) is 47.2 Å². The number of rotatable bonds is 1. The molecule has 1 heterocycles. The molecule has 0 N–H and O–H groups in total. The van der Waals surface area contributed by atoms with Crippen LogP contribution in [-0.2, 0) is 0 Å². The van der Waals surface area contributed by atoms with E-state index in [1.165, 1.54) is 11.3 Å². The van der Waals surface area contributed by atoms with Crippen LogP contribution in [0.5, 0.6) is 0 Å². The highest BCUT2D eigenvalue weighted by Crippen LogP contribution is 2.27. The molecule has 0 spiro atoms. The zero-order valence-corrected chi connectivity index (χ0v) is 10.6. The summed E-state index contributed by atoms with van der Waals surface area (Å²) in [6.07, 6.45) is -3.39. The van der Waals surface area contributed by atoms with Crippen molar-refractivity contribution in [3.05, 3.63) is 63.9 Å². The van der Waals surface area contributed by atoms with Crippen molar-refractivity contribution in [1.29, 1.82) is 0 Å². The van der Waals surface area contributed by atoms with Crippen molar-refractivity contribution >= 4 is 17.4 Å². The molecule has 0 saturated carbocycles. The van der Waals surface area contributed by atoms with Crippen LogP contribution in [0.3, 0.4) is 0 Å². The fraction of sp³-hybridized carbons (Fsp3) is 0.0667. The van der Waals surface area contributed by atoms with Gasteiger partial charge in [0.05, 0.1) is 0 Å². The van der Waals surface area contributed by atoms with E-state index in [4.69, 9.17) is 0 Å². The Morgan fingerprint density at radius 3 is 2.42 bits per heavy atom. The molecule has 0 aliphatic heterocycles. The minimum Gasteiger partial charge on any atom is -0.165 e. The van der Waals surface area contributed by atoms with Crippen LogP contribution in [0.4, 0.5) is 13.2 Å². The van der Waals surface area contributed by atoms with Crippen molar-refractivity contribution in [3.63, 3.8) is 0 Å². The van der Waals surface area contributed by atoms with E-state index in [0.29, 0.717) is 11.1 Å². The standard InChI is InChI=1S/C15H9F3S/c16-15(17,18)14(7-6-13-8-9-19-11-13)10-12-4-2-1-3-5-12/h1-5,8-11H/b14-10-. The first-order valence-electron chi connectivity index (χ1n) is 5.44. The molecule has 0 nitrogen and oxygen atoms in total. The lowest BCUT2D eigenvalue weighted by molar-refractivity contribution is -0.0863. The minimum absolute atomic E-state index is 0.481. The Morgan fingerprint density at radius 2 is 1.84 bits per heavy atom. The SMILES string of the molecule is FC(F)(F)/C(C#Cc1ccsc1)=C\c1ccccc1. The molecule has 0 bridgehead atoms. The molecular formula is C15H9F3S. The van der Waals surface area contributed by atoms with Crippen LogP contribution in [0.1, 0.15) is 11.1 Å². The predicted octanol–water partition coefficient (Wildman–Crippen LogP) is 4.75. The third-order valence-corrected chi connectivity index (χ3v) is 2.96. The van der Waals surface area contributed by atoms with Gasteiger partial charge in [0, 0.05) is 10.9 Å².